The van der Waals surface area contributed by atoms with Crippen molar-refractivity contribution in [2.75, 3.05) is 31.1 Å². The molecule has 1 fully saturated rings. The SMILES string of the molecule is Cc1cc(C)n([C@H]2CCN(c3ncnc4c3CCNCC4)C2)n1. The van der Waals surface area contributed by atoms with E-state index in [-0.39, 0.29) is 0 Å². The summed E-state index contributed by atoms with van der Waals surface area (Å²) >= 11 is 0. The van der Waals surface area contributed by atoms with Crippen LogP contribution in [-0.2, 0) is 12.8 Å². The highest BCUT2D eigenvalue weighted by molar-refractivity contribution is 5.50. The monoisotopic (exact) mass is 312 g/mol. The average molecular weight is 312 g/mol. The predicted octanol–water partition coefficient (Wildman–Crippen LogP) is 1.43. The first-order valence-corrected chi connectivity index (χ1v) is 8.53. The number of aryl methyl sites for hydroxylation is 2. The van der Waals surface area contributed by atoms with Crippen LogP contribution in [0.5, 0.6) is 0 Å². The summed E-state index contributed by atoms with van der Waals surface area (Å²) < 4.78 is 2.19. The second kappa shape index (κ2) is 5.92. The Balaban J connectivity index is 1.60. The lowest BCUT2D eigenvalue weighted by molar-refractivity contribution is 0.481. The number of nitrogens with zero attached hydrogens (tertiary/aromatic N) is 5. The van der Waals surface area contributed by atoms with E-state index in [2.05, 4.69) is 49.9 Å². The van der Waals surface area contributed by atoms with Crippen molar-refractivity contribution >= 4 is 5.82 Å². The van der Waals surface area contributed by atoms with Gasteiger partial charge in [-0.3, -0.25) is 4.68 Å². The zero-order valence-corrected chi connectivity index (χ0v) is 13.9. The lowest BCUT2D eigenvalue weighted by atomic mass is 10.1. The van der Waals surface area contributed by atoms with E-state index in [1.54, 1.807) is 6.33 Å². The Bertz CT molecular complexity index is 707. The van der Waals surface area contributed by atoms with Crippen LogP contribution in [0, 0.1) is 13.8 Å². The molecule has 0 bridgehead atoms. The number of hydrogen-bond acceptors (Lipinski definition) is 5. The van der Waals surface area contributed by atoms with Crippen molar-refractivity contribution in [3.05, 3.63) is 35.0 Å². The van der Waals surface area contributed by atoms with E-state index >= 15 is 0 Å². The van der Waals surface area contributed by atoms with Gasteiger partial charge in [-0.15, -0.1) is 0 Å². The largest absolute Gasteiger partial charge is 0.354 e. The second-order valence-electron chi connectivity index (χ2n) is 6.63. The Morgan fingerprint density at radius 1 is 1.17 bits per heavy atom. The fourth-order valence-electron chi connectivity index (χ4n) is 3.88. The zero-order chi connectivity index (χ0) is 15.8. The minimum Gasteiger partial charge on any atom is -0.354 e. The first-order chi connectivity index (χ1) is 11.2. The van der Waals surface area contributed by atoms with Crippen molar-refractivity contribution in [2.24, 2.45) is 0 Å². The summed E-state index contributed by atoms with van der Waals surface area (Å²) in [7, 11) is 0. The highest BCUT2D eigenvalue weighted by Gasteiger charge is 2.28. The Kier molecular flexibility index (Phi) is 3.77. The third kappa shape index (κ3) is 2.72. The maximum Gasteiger partial charge on any atom is 0.135 e. The molecule has 2 aliphatic heterocycles. The summed E-state index contributed by atoms with van der Waals surface area (Å²) in [6, 6.07) is 2.60. The molecule has 1 atom stereocenters. The van der Waals surface area contributed by atoms with E-state index in [1.807, 2.05) is 0 Å². The summed E-state index contributed by atoms with van der Waals surface area (Å²) in [6.07, 6.45) is 4.88. The standard InChI is InChI=1S/C17H24N6/c1-12-9-13(2)23(21-12)14-5-8-22(10-14)17-15-3-6-18-7-4-16(15)19-11-20-17/h9,11,14,18H,3-8,10H2,1-2H3/t14-/m0/s1. The second-order valence-corrected chi connectivity index (χ2v) is 6.63. The number of hydrogen-bond donors (Lipinski definition) is 1. The third-order valence-corrected chi connectivity index (χ3v) is 4.96. The molecule has 23 heavy (non-hydrogen) atoms. The number of fused-ring (bicyclic) bond motifs is 1. The molecule has 0 saturated carbocycles. The van der Waals surface area contributed by atoms with E-state index in [1.165, 1.54) is 17.0 Å². The van der Waals surface area contributed by atoms with Crippen molar-refractivity contribution in [1.82, 2.24) is 25.1 Å². The molecule has 2 aliphatic rings. The summed E-state index contributed by atoms with van der Waals surface area (Å²) in [5, 5.41) is 8.13. The lowest BCUT2D eigenvalue weighted by Gasteiger charge is -2.21. The van der Waals surface area contributed by atoms with Gasteiger partial charge in [0.1, 0.15) is 12.1 Å². The van der Waals surface area contributed by atoms with Crippen LogP contribution in [0.15, 0.2) is 12.4 Å². The van der Waals surface area contributed by atoms with Crippen LogP contribution in [-0.4, -0.2) is 45.9 Å². The van der Waals surface area contributed by atoms with Crippen LogP contribution in [0.1, 0.15) is 35.1 Å². The van der Waals surface area contributed by atoms with Gasteiger partial charge < -0.3 is 10.2 Å². The molecule has 2 aromatic heterocycles. The summed E-state index contributed by atoms with van der Waals surface area (Å²) in [5.74, 6) is 1.14. The van der Waals surface area contributed by atoms with E-state index in [0.717, 1.165) is 57.0 Å². The van der Waals surface area contributed by atoms with Crippen molar-refractivity contribution in [1.29, 1.82) is 0 Å². The molecule has 0 unspecified atom stereocenters. The van der Waals surface area contributed by atoms with Crippen molar-refractivity contribution in [3.8, 4) is 0 Å². The van der Waals surface area contributed by atoms with Crippen LogP contribution in [0.2, 0.25) is 0 Å². The van der Waals surface area contributed by atoms with Crippen LogP contribution >= 0.6 is 0 Å². The summed E-state index contributed by atoms with van der Waals surface area (Å²) in [4.78, 5) is 11.6. The molecule has 0 amide bonds. The van der Waals surface area contributed by atoms with Crippen molar-refractivity contribution in [2.45, 2.75) is 39.2 Å². The minimum absolute atomic E-state index is 0.443. The van der Waals surface area contributed by atoms with Crippen LogP contribution in [0.4, 0.5) is 5.82 Å². The quantitative estimate of drug-likeness (QED) is 0.909. The average Bonchev–Trinajstić information content (AvgIpc) is 3.05. The van der Waals surface area contributed by atoms with Crippen molar-refractivity contribution < 1.29 is 0 Å². The summed E-state index contributed by atoms with van der Waals surface area (Å²) in [5.41, 5.74) is 4.91. The molecule has 0 radical (unpaired) electrons. The first-order valence-electron chi connectivity index (χ1n) is 8.53. The molecule has 0 aromatic carbocycles. The minimum atomic E-state index is 0.443. The van der Waals surface area contributed by atoms with Gasteiger partial charge in [0, 0.05) is 37.3 Å². The van der Waals surface area contributed by atoms with Crippen LogP contribution < -0.4 is 10.2 Å². The van der Waals surface area contributed by atoms with E-state index in [0.29, 0.717) is 6.04 Å². The molecule has 122 valence electrons. The smallest absolute Gasteiger partial charge is 0.135 e. The van der Waals surface area contributed by atoms with Crippen molar-refractivity contribution in [3.63, 3.8) is 0 Å². The Hall–Kier alpha value is -1.95. The molecule has 6 heteroatoms. The van der Waals surface area contributed by atoms with Gasteiger partial charge in [0.15, 0.2) is 0 Å². The Morgan fingerprint density at radius 3 is 2.87 bits per heavy atom. The molecule has 1 N–H and O–H groups in total. The van der Waals surface area contributed by atoms with E-state index in [9.17, 15) is 0 Å². The Labute approximate surface area is 136 Å². The van der Waals surface area contributed by atoms with Gasteiger partial charge in [-0.05, 0) is 39.3 Å². The van der Waals surface area contributed by atoms with Gasteiger partial charge in [0.25, 0.3) is 0 Å². The maximum atomic E-state index is 4.67. The highest BCUT2D eigenvalue weighted by atomic mass is 15.3. The molecule has 4 rings (SSSR count). The number of anilines is 1. The number of rotatable bonds is 2. The predicted molar refractivity (Wildman–Crippen MR) is 89.9 cm³/mol. The van der Waals surface area contributed by atoms with E-state index in [4.69, 9.17) is 0 Å². The number of aromatic nitrogens is 4. The molecule has 0 aliphatic carbocycles. The molecular formula is C17H24N6. The maximum absolute atomic E-state index is 4.67. The van der Waals surface area contributed by atoms with Crippen LogP contribution in [0.3, 0.4) is 0 Å². The first kappa shape index (κ1) is 14.6. The molecule has 6 nitrogen and oxygen atoms in total. The van der Waals surface area contributed by atoms with Gasteiger partial charge in [-0.2, -0.15) is 5.10 Å². The molecule has 1 saturated heterocycles. The molecular weight excluding hydrogens is 288 g/mol. The normalized spacial score (nSPS) is 21.3. The van der Waals surface area contributed by atoms with Gasteiger partial charge in [-0.1, -0.05) is 0 Å². The third-order valence-electron chi connectivity index (χ3n) is 4.96. The van der Waals surface area contributed by atoms with Crippen LogP contribution in [0.25, 0.3) is 0 Å². The summed E-state index contributed by atoms with van der Waals surface area (Å²) in [6.45, 7) is 8.26. The highest BCUT2D eigenvalue weighted by Crippen LogP contribution is 2.30. The van der Waals surface area contributed by atoms with Gasteiger partial charge >= 0.3 is 0 Å². The lowest BCUT2D eigenvalue weighted by Crippen LogP contribution is -2.25. The number of nitrogens with one attached hydrogen (secondary N) is 1. The fourth-order valence-corrected chi connectivity index (χ4v) is 3.88. The van der Waals surface area contributed by atoms with Gasteiger partial charge in [0.2, 0.25) is 0 Å². The molecule has 2 aromatic rings. The molecule has 4 heterocycles. The zero-order valence-electron chi connectivity index (χ0n) is 13.9. The molecule has 0 spiro atoms. The topological polar surface area (TPSA) is 58.9 Å². The van der Waals surface area contributed by atoms with E-state index < -0.39 is 0 Å². The Morgan fingerprint density at radius 2 is 2.04 bits per heavy atom. The van der Waals surface area contributed by atoms with Gasteiger partial charge in [-0.25, -0.2) is 9.97 Å². The van der Waals surface area contributed by atoms with Gasteiger partial charge in [0.05, 0.1) is 17.4 Å². The fraction of sp³-hybridized carbons (Fsp3) is 0.588.